The van der Waals surface area contributed by atoms with Gasteiger partial charge in [-0.25, -0.2) is 0 Å². The van der Waals surface area contributed by atoms with Crippen LogP contribution < -0.4 is 10.5 Å². The molecule has 0 aliphatic rings. The van der Waals surface area contributed by atoms with Gasteiger partial charge in [0.25, 0.3) is 0 Å². The standard InChI is InChI=1S/C11H15NO3/c1-5-8(7(3)13)11(15-4)6(2)10(14)9(5)12/h14H,12H2,1-4H3. The fourth-order valence-electron chi connectivity index (χ4n) is 1.66. The summed E-state index contributed by atoms with van der Waals surface area (Å²) in [6, 6.07) is 0. The van der Waals surface area contributed by atoms with Crippen LogP contribution in [-0.2, 0) is 0 Å². The van der Waals surface area contributed by atoms with Gasteiger partial charge in [0.1, 0.15) is 11.5 Å². The molecule has 0 saturated heterocycles. The molecule has 82 valence electrons. The minimum Gasteiger partial charge on any atom is -0.505 e. The molecular formula is C11H15NO3. The summed E-state index contributed by atoms with van der Waals surface area (Å²) in [7, 11) is 1.46. The topological polar surface area (TPSA) is 72.6 Å². The quantitative estimate of drug-likeness (QED) is 0.442. The van der Waals surface area contributed by atoms with Crippen LogP contribution in [0.4, 0.5) is 5.69 Å². The zero-order valence-electron chi connectivity index (χ0n) is 9.34. The summed E-state index contributed by atoms with van der Waals surface area (Å²) in [4.78, 5) is 11.4. The number of ketones is 1. The summed E-state index contributed by atoms with van der Waals surface area (Å²) in [6.45, 7) is 4.80. The van der Waals surface area contributed by atoms with Crippen LogP contribution in [0.5, 0.6) is 11.5 Å². The van der Waals surface area contributed by atoms with Gasteiger partial charge in [0.15, 0.2) is 5.78 Å². The molecule has 0 saturated carbocycles. The van der Waals surface area contributed by atoms with Gasteiger partial charge in [0, 0.05) is 5.56 Å². The summed E-state index contributed by atoms with van der Waals surface area (Å²) in [5, 5.41) is 9.69. The van der Waals surface area contributed by atoms with Crippen molar-refractivity contribution in [2.45, 2.75) is 20.8 Å². The van der Waals surface area contributed by atoms with E-state index in [2.05, 4.69) is 0 Å². The number of carbonyl (C=O) groups excluding carboxylic acids is 1. The van der Waals surface area contributed by atoms with Gasteiger partial charge in [0.2, 0.25) is 0 Å². The van der Waals surface area contributed by atoms with Crippen LogP contribution >= 0.6 is 0 Å². The first kappa shape index (κ1) is 11.4. The first-order valence-corrected chi connectivity index (χ1v) is 4.58. The predicted molar refractivity (Wildman–Crippen MR) is 58.5 cm³/mol. The number of Topliss-reactive ketones (excluding diaryl/α,β-unsaturated/α-hetero) is 1. The highest BCUT2D eigenvalue weighted by molar-refractivity contribution is 6.01. The van der Waals surface area contributed by atoms with Crippen molar-refractivity contribution in [2.24, 2.45) is 0 Å². The Hall–Kier alpha value is -1.71. The van der Waals surface area contributed by atoms with Crippen molar-refractivity contribution in [3.8, 4) is 11.5 Å². The van der Waals surface area contributed by atoms with Gasteiger partial charge in [-0.1, -0.05) is 0 Å². The third-order valence-electron chi connectivity index (χ3n) is 2.51. The lowest BCUT2D eigenvalue weighted by Crippen LogP contribution is -2.06. The van der Waals surface area contributed by atoms with E-state index in [9.17, 15) is 9.90 Å². The number of ether oxygens (including phenoxy) is 1. The summed E-state index contributed by atoms with van der Waals surface area (Å²) in [5.41, 5.74) is 7.41. The van der Waals surface area contributed by atoms with Gasteiger partial charge >= 0.3 is 0 Å². The van der Waals surface area contributed by atoms with Crippen LogP contribution in [0, 0.1) is 13.8 Å². The Labute approximate surface area is 88.7 Å². The fraction of sp³-hybridized carbons (Fsp3) is 0.364. The SMILES string of the molecule is COc1c(C)c(O)c(N)c(C)c1C(C)=O. The van der Waals surface area contributed by atoms with Crippen molar-refractivity contribution in [3.05, 3.63) is 16.7 Å². The molecule has 0 spiro atoms. The molecule has 0 heterocycles. The van der Waals surface area contributed by atoms with Crippen molar-refractivity contribution >= 4 is 11.5 Å². The molecule has 0 radical (unpaired) electrons. The second kappa shape index (κ2) is 3.81. The van der Waals surface area contributed by atoms with Crippen molar-refractivity contribution in [2.75, 3.05) is 12.8 Å². The fourth-order valence-corrected chi connectivity index (χ4v) is 1.66. The van der Waals surface area contributed by atoms with Crippen molar-refractivity contribution in [1.82, 2.24) is 0 Å². The summed E-state index contributed by atoms with van der Waals surface area (Å²) < 4.78 is 5.12. The minimum absolute atomic E-state index is 0.0191. The smallest absolute Gasteiger partial charge is 0.163 e. The van der Waals surface area contributed by atoms with Crippen molar-refractivity contribution in [3.63, 3.8) is 0 Å². The van der Waals surface area contributed by atoms with E-state index in [1.165, 1.54) is 14.0 Å². The lowest BCUT2D eigenvalue weighted by Gasteiger charge is -2.16. The van der Waals surface area contributed by atoms with Crippen LogP contribution in [0.15, 0.2) is 0 Å². The van der Waals surface area contributed by atoms with Gasteiger partial charge in [-0.3, -0.25) is 4.79 Å². The highest BCUT2D eigenvalue weighted by Crippen LogP contribution is 2.39. The number of aromatic hydroxyl groups is 1. The number of phenolic OH excluding ortho intramolecular Hbond substituents is 1. The lowest BCUT2D eigenvalue weighted by molar-refractivity contribution is 0.101. The Bertz CT molecular complexity index is 425. The molecule has 0 fully saturated rings. The maximum Gasteiger partial charge on any atom is 0.163 e. The number of phenols is 1. The van der Waals surface area contributed by atoms with Gasteiger partial charge < -0.3 is 15.6 Å². The normalized spacial score (nSPS) is 10.1. The van der Waals surface area contributed by atoms with Crippen LogP contribution in [-0.4, -0.2) is 18.0 Å². The van der Waals surface area contributed by atoms with E-state index >= 15 is 0 Å². The summed E-state index contributed by atoms with van der Waals surface area (Å²) in [6.07, 6.45) is 0. The highest BCUT2D eigenvalue weighted by atomic mass is 16.5. The largest absolute Gasteiger partial charge is 0.505 e. The molecule has 0 aromatic heterocycles. The van der Waals surface area contributed by atoms with Crippen LogP contribution in [0.3, 0.4) is 0 Å². The van der Waals surface area contributed by atoms with E-state index in [-0.39, 0.29) is 17.2 Å². The second-order valence-electron chi connectivity index (χ2n) is 3.48. The van der Waals surface area contributed by atoms with Crippen molar-refractivity contribution < 1.29 is 14.6 Å². The molecule has 3 N–H and O–H groups in total. The molecule has 0 unspecified atom stereocenters. The molecule has 1 rings (SSSR count). The van der Waals surface area contributed by atoms with Crippen molar-refractivity contribution in [1.29, 1.82) is 0 Å². The van der Waals surface area contributed by atoms with E-state index in [0.717, 1.165) is 0 Å². The molecule has 1 aromatic carbocycles. The number of rotatable bonds is 2. The first-order valence-electron chi connectivity index (χ1n) is 4.58. The average molecular weight is 209 g/mol. The average Bonchev–Trinajstić information content (AvgIpc) is 2.19. The van der Waals surface area contributed by atoms with Gasteiger partial charge in [0.05, 0.1) is 18.4 Å². The van der Waals surface area contributed by atoms with Crippen LogP contribution in [0.25, 0.3) is 0 Å². The zero-order valence-corrected chi connectivity index (χ0v) is 9.34. The number of hydrogen-bond donors (Lipinski definition) is 2. The number of nitrogens with two attached hydrogens (primary N) is 1. The van der Waals surface area contributed by atoms with E-state index in [1.807, 2.05) is 0 Å². The molecule has 0 aliphatic heterocycles. The predicted octanol–water partition coefficient (Wildman–Crippen LogP) is 1.80. The van der Waals surface area contributed by atoms with Gasteiger partial charge in [-0.15, -0.1) is 0 Å². The molecule has 0 bridgehead atoms. The summed E-state index contributed by atoms with van der Waals surface area (Å²) in [5.74, 6) is 0.250. The van der Waals surface area contributed by atoms with Crippen LogP contribution in [0.2, 0.25) is 0 Å². The molecule has 4 nitrogen and oxygen atoms in total. The lowest BCUT2D eigenvalue weighted by atomic mass is 9.98. The van der Waals surface area contributed by atoms with E-state index in [0.29, 0.717) is 22.4 Å². The molecule has 0 aliphatic carbocycles. The van der Waals surface area contributed by atoms with Gasteiger partial charge in [-0.2, -0.15) is 0 Å². The van der Waals surface area contributed by atoms with Crippen LogP contribution in [0.1, 0.15) is 28.4 Å². The van der Waals surface area contributed by atoms with E-state index in [1.54, 1.807) is 13.8 Å². The molecule has 0 atom stereocenters. The Morgan fingerprint density at radius 2 is 1.87 bits per heavy atom. The molecule has 0 amide bonds. The highest BCUT2D eigenvalue weighted by Gasteiger charge is 2.20. The first-order chi connectivity index (χ1) is 6.91. The number of carbonyl (C=O) groups is 1. The third kappa shape index (κ3) is 1.63. The molecular weight excluding hydrogens is 194 g/mol. The number of benzene rings is 1. The minimum atomic E-state index is -0.126. The summed E-state index contributed by atoms with van der Waals surface area (Å²) >= 11 is 0. The maximum atomic E-state index is 11.4. The Morgan fingerprint density at radius 1 is 1.33 bits per heavy atom. The second-order valence-corrected chi connectivity index (χ2v) is 3.48. The molecule has 15 heavy (non-hydrogen) atoms. The van der Waals surface area contributed by atoms with Gasteiger partial charge in [-0.05, 0) is 26.3 Å². The maximum absolute atomic E-state index is 11.4. The number of anilines is 1. The van der Waals surface area contributed by atoms with E-state index < -0.39 is 0 Å². The number of methoxy groups -OCH3 is 1. The zero-order chi connectivity index (χ0) is 11.7. The van der Waals surface area contributed by atoms with E-state index in [4.69, 9.17) is 10.5 Å². The molecule has 1 aromatic rings. The monoisotopic (exact) mass is 209 g/mol. The Balaban J connectivity index is 3.70. The number of hydrogen-bond acceptors (Lipinski definition) is 4. The Kier molecular flexibility index (Phi) is 2.88. The molecule has 4 heteroatoms. The Morgan fingerprint density at radius 3 is 2.27 bits per heavy atom. The number of nitrogen functional groups attached to an aromatic ring is 1. The third-order valence-corrected chi connectivity index (χ3v) is 2.51.